The number of halogens is 1. The molecule has 0 radical (unpaired) electrons. The van der Waals surface area contributed by atoms with Crippen LogP contribution in [0.2, 0.25) is 5.02 Å². The highest BCUT2D eigenvalue weighted by atomic mass is 35.5. The van der Waals surface area contributed by atoms with E-state index in [1.807, 2.05) is 41.3 Å². The zero-order chi connectivity index (χ0) is 16.6. The summed E-state index contributed by atoms with van der Waals surface area (Å²) in [5.41, 5.74) is 1.55. The van der Waals surface area contributed by atoms with Crippen molar-refractivity contribution >= 4 is 28.8 Å². The normalized spacial score (nSPS) is 19.8. The molecule has 3 heterocycles. The summed E-state index contributed by atoms with van der Waals surface area (Å²) in [5.74, 6) is 0.181. The van der Waals surface area contributed by atoms with Crippen molar-refractivity contribution in [3.8, 4) is 10.4 Å². The number of carbonyl (C=O) groups is 1. The van der Waals surface area contributed by atoms with Crippen molar-refractivity contribution in [2.45, 2.75) is 19.3 Å². The molecule has 3 nitrogen and oxygen atoms in total. The minimum Gasteiger partial charge on any atom is -0.338 e. The second-order valence-corrected chi connectivity index (χ2v) is 8.41. The molecule has 2 aromatic rings. The number of piperidine rings is 1. The van der Waals surface area contributed by atoms with Gasteiger partial charge in [0.2, 0.25) is 0 Å². The Hall–Kier alpha value is -1.36. The predicted molar refractivity (Wildman–Crippen MR) is 99.8 cm³/mol. The van der Waals surface area contributed by atoms with Gasteiger partial charge in [-0.3, -0.25) is 4.79 Å². The highest BCUT2D eigenvalue weighted by Crippen LogP contribution is 2.38. The molecule has 0 bridgehead atoms. The van der Waals surface area contributed by atoms with Crippen molar-refractivity contribution in [1.29, 1.82) is 0 Å². The number of hydrogen-bond donors (Lipinski definition) is 1. The van der Waals surface area contributed by atoms with Gasteiger partial charge in [0.25, 0.3) is 5.91 Å². The lowest BCUT2D eigenvalue weighted by Crippen LogP contribution is -2.43. The highest BCUT2D eigenvalue weighted by molar-refractivity contribution is 7.17. The SMILES string of the molecule is O=C(c1ccc(-c2ccc(Cl)cc2)s1)N1CCC2(CCNC2)CC1. The van der Waals surface area contributed by atoms with E-state index in [2.05, 4.69) is 5.32 Å². The van der Waals surface area contributed by atoms with Crippen LogP contribution in [0.1, 0.15) is 28.9 Å². The third-order valence-corrected chi connectivity index (χ3v) is 6.76. The van der Waals surface area contributed by atoms with Gasteiger partial charge in [0.1, 0.15) is 0 Å². The number of nitrogens with zero attached hydrogens (tertiary/aromatic N) is 1. The number of hydrogen-bond acceptors (Lipinski definition) is 3. The number of thiophene rings is 1. The molecule has 1 amide bonds. The number of amides is 1. The Kier molecular flexibility index (Phi) is 4.37. The lowest BCUT2D eigenvalue weighted by molar-refractivity contribution is 0.0612. The summed E-state index contributed by atoms with van der Waals surface area (Å²) >= 11 is 7.52. The third kappa shape index (κ3) is 3.10. The maximum atomic E-state index is 12.8. The van der Waals surface area contributed by atoms with E-state index in [4.69, 9.17) is 11.6 Å². The van der Waals surface area contributed by atoms with Gasteiger partial charge in [-0.1, -0.05) is 23.7 Å². The fourth-order valence-corrected chi connectivity index (χ4v) is 4.89. The summed E-state index contributed by atoms with van der Waals surface area (Å²) in [6.45, 7) is 4.02. The Bertz CT molecular complexity index is 724. The van der Waals surface area contributed by atoms with Crippen molar-refractivity contribution in [2.75, 3.05) is 26.2 Å². The molecular weight excluding hydrogens is 340 g/mol. The first-order chi connectivity index (χ1) is 11.7. The summed E-state index contributed by atoms with van der Waals surface area (Å²) in [5, 5.41) is 4.20. The topological polar surface area (TPSA) is 32.3 Å². The van der Waals surface area contributed by atoms with Crippen molar-refractivity contribution in [3.05, 3.63) is 46.3 Å². The van der Waals surface area contributed by atoms with Crippen LogP contribution in [0.15, 0.2) is 36.4 Å². The molecule has 0 aliphatic carbocycles. The minimum atomic E-state index is 0.181. The second-order valence-electron chi connectivity index (χ2n) is 6.89. The molecule has 4 rings (SSSR count). The molecule has 1 spiro atoms. The van der Waals surface area contributed by atoms with Gasteiger partial charge in [0, 0.05) is 29.5 Å². The van der Waals surface area contributed by atoms with Gasteiger partial charge in [0.05, 0.1) is 4.88 Å². The molecule has 1 aromatic heterocycles. The van der Waals surface area contributed by atoms with E-state index < -0.39 is 0 Å². The summed E-state index contributed by atoms with van der Waals surface area (Å²) in [6.07, 6.45) is 3.51. The fraction of sp³-hybridized carbons (Fsp3) is 0.421. The Labute approximate surface area is 151 Å². The molecule has 2 fully saturated rings. The van der Waals surface area contributed by atoms with Crippen LogP contribution < -0.4 is 5.32 Å². The van der Waals surface area contributed by atoms with Crippen molar-refractivity contribution in [1.82, 2.24) is 10.2 Å². The number of benzene rings is 1. The van der Waals surface area contributed by atoms with E-state index in [0.29, 0.717) is 5.41 Å². The molecule has 24 heavy (non-hydrogen) atoms. The van der Waals surface area contributed by atoms with Crippen LogP contribution in [0.4, 0.5) is 0 Å². The molecule has 2 aliphatic heterocycles. The number of likely N-dealkylation sites (tertiary alicyclic amines) is 1. The third-order valence-electron chi connectivity index (χ3n) is 5.39. The van der Waals surface area contributed by atoms with Gasteiger partial charge >= 0.3 is 0 Å². The molecule has 0 unspecified atom stereocenters. The minimum absolute atomic E-state index is 0.181. The van der Waals surface area contributed by atoms with E-state index in [-0.39, 0.29) is 5.91 Å². The maximum Gasteiger partial charge on any atom is 0.263 e. The first kappa shape index (κ1) is 16.1. The zero-order valence-electron chi connectivity index (χ0n) is 13.6. The smallest absolute Gasteiger partial charge is 0.263 e. The highest BCUT2D eigenvalue weighted by Gasteiger charge is 2.38. The summed E-state index contributed by atoms with van der Waals surface area (Å²) in [4.78, 5) is 16.8. The van der Waals surface area contributed by atoms with Gasteiger partial charge in [-0.25, -0.2) is 0 Å². The Morgan fingerprint density at radius 1 is 1.08 bits per heavy atom. The summed E-state index contributed by atoms with van der Waals surface area (Å²) in [6, 6.07) is 11.8. The van der Waals surface area contributed by atoms with Crippen molar-refractivity contribution in [2.24, 2.45) is 5.41 Å². The van der Waals surface area contributed by atoms with E-state index in [1.165, 1.54) is 6.42 Å². The Morgan fingerprint density at radius 3 is 2.50 bits per heavy atom. The van der Waals surface area contributed by atoms with E-state index in [9.17, 15) is 4.79 Å². The van der Waals surface area contributed by atoms with E-state index >= 15 is 0 Å². The van der Waals surface area contributed by atoms with Gasteiger partial charge in [0.15, 0.2) is 0 Å². The van der Waals surface area contributed by atoms with Crippen LogP contribution in [0.3, 0.4) is 0 Å². The Balaban J connectivity index is 1.45. The van der Waals surface area contributed by atoms with Crippen LogP contribution in [0.25, 0.3) is 10.4 Å². The largest absolute Gasteiger partial charge is 0.338 e. The van der Waals surface area contributed by atoms with E-state index in [0.717, 1.165) is 59.4 Å². The van der Waals surface area contributed by atoms with Crippen molar-refractivity contribution in [3.63, 3.8) is 0 Å². The molecule has 1 N–H and O–H groups in total. The first-order valence-electron chi connectivity index (χ1n) is 8.51. The summed E-state index contributed by atoms with van der Waals surface area (Å²) < 4.78 is 0. The molecule has 2 saturated heterocycles. The zero-order valence-corrected chi connectivity index (χ0v) is 15.1. The predicted octanol–water partition coefficient (Wildman–Crippen LogP) is 4.28. The second kappa shape index (κ2) is 6.51. The monoisotopic (exact) mass is 360 g/mol. The van der Waals surface area contributed by atoms with Crippen LogP contribution in [0, 0.1) is 5.41 Å². The van der Waals surface area contributed by atoms with E-state index in [1.54, 1.807) is 11.3 Å². The average molecular weight is 361 g/mol. The number of nitrogens with one attached hydrogen (secondary N) is 1. The molecule has 0 atom stereocenters. The molecule has 0 saturated carbocycles. The number of carbonyl (C=O) groups excluding carboxylic acids is 1. The lowest BCUT2D eigenvalue weighted by atomic mass is 9.78. The molecule has 5 heteroatoms. The molecular formula is C19H21ClN2OS. The standard InChI is InChI=1S/C19H21ClN2OS/c20-15-3-1-14(2-4-15)16-5-6-17(24-16)18(23)22-11-8-19(9-12-22)7-10-21-13-19/h1-6,21H,7-13H2. The van der Waals surface area contributed by atoms with Gasteiger partial charge in [-0.2, -0.15) is 0 Å². The van der Waals surface area contributed by atoms with Gasteiger partial charge in [-0.05, 0) is 61.1 Å². The first-order valence-corrected chi connectivity index (χ1v) is 9.71. The quantitative estimate of drug-likeness (QED) is 0.866. The van der Waals surface area contributed by atoms with Gasteiger partial charge < -0.3 is 10.2 Å². The molecule has 1 aromatic carbocycles. The number of rotatable bonds is 2. The van der Waals surface area contributed by atoms with Crippen LogP contribution in [-0.4, -0.2) is 37.0 Å². The van der Waals surface area contributed by atoms with Crippen LogP contribution >= 0.6 is 22.9 Å². The van der Waals surface area contributed by atoms with Crippen LogP contribution in [0.5, 0.6) is 0 Å². The van der Waals surface area contributed by atoms with Crippen molar-refractivity contribution < 1.29 is 4.79 Å². The fourth-order valence-electron chi connectivity index (χ4n) is 3.78. The molecule has 2 aliphatic rings. The average Bonchev–Trinajstić information content (AvgIpc) is 3.26. The van der Waals surface area contributed by atoms with Gasteiger partial charge in [-0.15, -0.1) is 11.3 Å². The maximum absolute atomic E-state index is 12.8. The molecule has 126 valence electrons. The lowest BCUT2D eigenvalue weighted by Gasteiger charge is -2.38. The summed E-state index contributed by atoms with van der Waals surface area (Å²) in [7, 11) is 0. The van der Waals surface area contributed by atoms with Crippen LogP contribution in [-0.2, 0) is 0 Å². The Morgan fingerprint density at radius 2 is 1.83 bits per heavy atom.